The summed E-state index contributed by atoms with van der Waals surface area (Å²) in [6.07, 6.45) is -0.0886. The van der Waals surface area contributed by atoms with Gasteiger partial charge in [-0.15, -0.1) is 23.1 Å². The average molecular weight is 302 g/mol. The standard InChI is InChI=1S/C12H18N2O3S2/c1-8-13-9(6-19-8)5-18-7-10(15)14-12(2,3)4-11(16)17/h6H,4-5,7H2,1-3H3,(H,14,15)(H,16,17). The molecule has 0 aliphatic rings. The second-order valence-electron chi connectivity index (χ2n) is 4.85. The van der Waals surface area contributed by atoms with Crippen LogP contribution in [0, 0.1) is 6.92 Å². The number of aromatic nitrogens is 1. The number of hydrogen-bond acceptors (Lipinski definition) is 5. The number of carbonyl (C=O) groups excluding carboxylic acids is 1. The Hall–Kier alpha value is -1.08. The molecule has 5 nitrogen and oxygen atoms in total. The number of aryl methyl sites for hydroxylation is 1. The van der Waals surface area contributed by atoms with Gasteiger partial charge < -0.3 is 10.4 Å². The summed E-state index contributed by atoms with van der Waals surface area (Å²) in [4.78, 5) is 26.6. The quantitative estimate of drug-likeness (QED) is 0.806. The van der Waals surface area contributed by atoms with Crippen molar-refractivity contribution < 1.29 is 14.7 Å². The van der Waals surface area contributed by atoms with E-state index in [1.807, 2.05) is 12.3 Å². The van der Waals surface area contributed by atoms with Gasteiger partial charge in [0.15, 0.2) is 0 Å². The summed E-state index contributed by atoms with van der Waals surface area (Å²) >= 11 is 3.06. The van der Waals surface area contributed by atoms with Crippen LogP contribution in [0.25, 0.3) is 0 Å². The van der Waals surface area contributed by atoms with Gasteiger partial charge in [0.1, 0.15) is 0 Å². The van der Waals surface area contributed by atoms with Crippen LogP contribution < -0.4 is 5.32 Å². The molecule has 0 saturated carbocycles. The molecule has 0 aromatic carbocycles. The number of carboxylic acids is 1. The zero-order valence-electron chi connectivity index (χ0n) is 11.2. The molecule has 0 spiro atoms. The van der Waals surface area contributed by atoms with Crippen molar-refractivity contribution >= 4 is 35.0 Å². The van der Waals surface area contributed by atoms with Gasteiger partial charge in [-0.05, 0) is 20.8 Å². The predicted octanol–water partition coefficient (Wildman–Crippen LogP) is 2.05. The molecule has 1 amide bonds. The molecular formula is C12H18N2O3S2. The molecule has 0 aliphatic carbocycles. The van der Waals surface area contributed by atoms with Crippen molar-refractivity contribution in [2.24, 2.45) is 0 Å². The lowest BCUT2D eigenvalue weighted by atomic mass is 10.0. The minimum atomic E-state index is -0.920. The van der Waals surface area contributed by atoms with E-state index in [-0.39, 0.29) is 12.3 Å². The van der Waals surface area contributed by atoms with E-state index >= 15 is 0 Å². The van der Waals surface area contributed by atoms with Crippen LogP contribution in [0.5, 0.6) is 0 Å². The molecule has 7 heteroatoms. The Balaban J connectivity index is 2.29. The number of carboxylic acid groups (broad SMARTS) is 1. The monoisotopic (exact) mass is 302 g/mol. The van der Waals surface area contributed by atoms with Gasteiger partial charge in [-0.1, -0.05) is 0 Å². The molecule has 1 aromatic rings. The molecule has 0 aliphatic heterocycles. The Morgan fingerprint density at radius 1 is 1.53 bits per heavy atom. The summed E-state index contributed by atoms with van der Waals surface area (Å²) in [5.74, 6) is -0.0735. The molecule has 1 rings (SSSR count). The maximum Gasteiger partial charge on any atom is 0.305 e. The largest absolute Gasteiger partial charge is 0.481 e. The fraction of sp³-hybridized carbons (Fsp3) is 0.583. The van der Waals surface area contributed by atoms with Gasteiger partial charge in [-0.3, -0.25) is 9.59 Å². The van der Waals surface area contributed by atoms with Crippen LogP contribution in [0.3, 0.4) is 0 Å². The minimum absolute atomic E-state index is 0.0886. The number of thiazole rings is 1. The first-order valence-electron chi connectivity index (χ1n) is 5.80. The molecule has 0 bridgehead atoms. The number of nitrogens with one attached hydrogen (secondary N) is 1. The highest BCUT2D eigenvalue weighted by molar-refractivity contribution is 7.99. The van der Waals surface area contributed by atoms with Crippen molar-refractivity contribution in [2.75, 3.05) is 5.75 Å². The topological polar surface area (TPSA) is 79.3 Å². The molecule has 1 heterocycles. The Bertz CT molecular complexity index is 458. The van der Waals surface area contributed by atoms with Crippen molar-refractivity contribution in [3.63, 3.8) is 0 Å². The smallest absolute Gasteiger partial charge is 0.305 e. The molecule has 0 atom stereocenters. The third-order valence-corrected chi connectivity index (χ3v) is 4.01. The van der Waals surface area contributed by atoms with Crippen molar-refractivity contribution in [3.05, 3.63) is 16.1 Å². The molecule has 106 valence electrons. The molecule has 2 N–H and O–H groups in total. The first kappa shape index (κ1) is 16.0. The number of rotatable bonds is 7. The predicted molar refractivity (Wildman–Crippen MR) is 77.5 cm³/mol. The number of nitrogens with zero attached hydrogens (tertiary/aromatic N) is 1. The highest BCUT2D eigenvalue weighted by Crippen LogP contribution is 2.15. The first-order chi connectivity index (χ1) is 8.78. The SMILES string of the molecule is Cc1nc(CSCC(=O)NC(C)(C)CC(=O)O)cs1. The Labute approximate surface area is 120 Å². The summed E-state index contributed by atoms with van der Waals surface area (Å²) in [7, 11) is 0. The van der Waals surface area contributed by atoms with E-state index in [2.05, 4.69) is 10.3 Å². The highest BCUT2D eigenvalue weighted by atomic mass is 32.2. The Morgan fingerprint density at radius 2 is 2.21 bits per heavy atom. The third-order valence-electron chi connectivity index (χ3n) is 2.22. The summed E-state index contributed by atoms with van der Waals surface area (Å²) in [5.41, 5.74) is 0.255. The van der Waals surface area contributed by atoms with E-state index in [1.165, 1.54) is 11.8 Å². The normalized spacial score (nSPS) is 11.3. The highest BCUT2D eigenvalue weighted by Gasteiger charge is 2.23. The zero-order valence-corrected chi connectivity index (χ0v) is 12.9. The van der Waals surface area contributed by atoms with E-state index < -0.39 is 11.5 Å². The fourth-order valence-electron chi connectivity index (χ4n) is 1.56. The van der Waals surface area contributed by atoms with Gasteiger partial charge in [-0.2, -0.15) is 0 Å². The van der Waals surface area contributed by atoms with Crippen LogP contribution in [-0.4, -0.2) is 33.3 Å². The van der Waals surface area contributed by atoms with Crippen molar-refractivity contribution in [1.82, 2.24) is 10.3 Å². The van der Waals surface area contributed by atoms with Crippen molar-refractivity contribution in [3.8, 4) is 0 Å². The minimum Gasteiger partial charge on any atom is -0.481 e. The lowest BCUT2D eigenvalue weighted by molar-refractivity contribution is -0.138. The summed E-state index contributed by atoms with van der Waals surface area (Å²) in [5, 5.41) is 14.4. The molecule has 0 radical (unpaired) electrons. The Kier molecular flexibility index (Phi) is 5.81. The number of hydrogen-bond donors (Lipinski definition) is 2. The molecule has 1 aromatic heterocycles. The van der Waals surface area contributed by atoms with Gasteiger partial charge in [0.2, 0.25) is 5.91 Å². The van der Waals surface area contributed by atoms with Crippen LogP contribution in [0.1, 0.15) is 31.0 Å². The maximum atomic E-state index is 11.7. The number of amides is 1. The summed E-state index contributed by atoms with van der Waals surface area (Å²) in [6, 6.07) is 0. The molecule has 19 heavy (non-hydrogen) atoms. The third kappa shape index (κ3) is 6.58. The Morgan fingerprint density at radius 3 is 2.74 bits per heavy atom. The zero-order chi connectivity index (χ0) is 14.5. The van der Waals surface area contributed by atoms with E-state index in [9.17, 15) is 9.59 Å². The van der Waals surface area contributed by atoms with E-state index in [4.69, 9.17) is 5.11 Å². The van der Waals surface area contributed by atoms with Crippen LogP contribution >= 0.6 is 23.1 Å². The average Bonchev–Trinajstić information content (AvgIpc) is 2.61. The lowest BCUT2D eigenvalue weighted by Crippen LogP contribution is -2.45. The second kappa shape index (κ2) is 6.91. The van der Waals surface area contributed by atoms with Gasteiger partial charge in [0, 0.05) is 16.7 Å². The molecular weight excluding hydrogens is 284 g/mol. The number of carbonyl (C=O) groups is 2. The molecule has 0 unspecified atom stereocenters. The van der Waals surface area contributed by atoms with Crippen molar-refractivity contribution in [1.29, 1.82) is 0 Å². The molecule has 0 saturated heterocycles. The van der Waals surface area contributed by atoms with Gasteiger partial charge in [0.05, 0.1) is 22.9 Å². The maximum absolute atomic E-state index is 11.7. The fourth-order valence-corrected chi connectivity index (χ4v) is 2.99. The van der Waals surface area contributed by atoms with Crippen LogP contribution in [0.15, 0.2) is 5.38 Å². The van der Waals surface area contributed by atoms with Gasteiger partial charge >= 0.3 is 5.97 Å². The summed E-state index contributed by atoms with van der Waals surface area (Å²) in [6.45, 7) is 5.35. The first-order valence-corrected chi connectivity index (χ1v) is 7.83. The molecule has 0 fully saturated rings. The number of thioether (sulfide) groups is 1. The van der Waals surface area contributed by atoms with Crippen molar-refractivity contribution in [2.45, 2.75) is 38.5 Å². The van der Waals surface area contributed by atoms with Crippen LogP contribution in [0.4, 0.5) is 0 Å². The van der Waals surface area contributed by atoms with E-state index in [0.717, 1.165) is 10.7 Å². The number of aliphatic carboxylic acids is 1. The van der Waals surface area contributed by atoms with E-state index in [0.29, 0.717) is 11.5 Å². The van der Waals surface area contributed by atoms with Crippen LogP contribution in [-0.2, 0) is 15.3 Å². The van der Waals surface area contributed by atoms with E-state index in [1.54, 1.807) is 25.2 Å². The lowest BCUT2D eigenvalue weighted by Gasteiger charge is -2.24. The van der Waals surface area contributed by atoms with Gasteiger partial charge in [-0.25, -0.2) is 4.98 Å². The summed E-state index contributed by atoms with van der Waals surface area (Å²) < 4.78 is 0. The van der Waals surface area contributed by atoms with Crippen LogP contribution in [0.2, 0.25) is 0 Å². The second-order valence-corrected chi connectivity index (χ2v) is 6.90. The van der Waals surface area contributed by atoms with Gasteiger partial charge in [0.25, 0.3) is 0 Å².